The van der Waals surface area contributed by atoms with E-state index in [1.54, 1.807) is 0 Å². The minimum Gasteiger partial charge on any atom is -0.0985 e. The molecule has 0 unspecified atom stereocenters. The zero-order valence-corrected chi connectivity index (χ0v) is 8.79. The molecule has 13 heavy (non-hydrogen) atoms. The van der Waals surface area contributed by atoms with E-state index < -0.39 is 0 Å². The van der Waals surface area contributed by atoms with E-state index in [0.717, 1.165) is 0 Å². The molecule has 0 amide bonds. The number of hydrogen-bond donors (Lipinski definition) is 0. The monoisotopic (exact) mass is 176 g/mol. The highest BCUT2D eigenvalue weighted by molar-refractivity contribution is 5.45. The van der Waals surface area contributed by atoms with Crippen LogP contribution in [-0.4, -0.2) is 0 Å². The van der Waals surface area contributed by atoms with Crippen LogP contribution in [0, 0.1) is 0 Å². The van der Waals surface area contributed by atoms with Gasteiger partial charge in [-0.05, 0) is 5.56 Å². The van der Waals surface area contributed by atoms with Gasteiger partial charge in [-0.25, -0.2) is 0 Å². The molecule has 0 N–H and O–H groups in total. The summed E-state index contributed by atoms with van der Waals surface area (Å²) in [5.74, 6) is 0. The molecule has 0 nitrogen and oxygen atoms in total. The number of hydrogen-bond acceptors (Lipinski definition) is 0. The number of rotatable bonds is 3. The second-order valence-corrected chi connectivity index (χ2v) is 2.97. The quantitative estimate of drug-likeness (QED) is 0.635. The largest absolute Gasteiger partial charge is 0.0985 e. The maximum absolute atomic E-state index is 3.63. The third kappa shape index (κ3) is 7.32. The molecular formula is C13H20. The number of unbranched alkanes of at least 4 members (excludes halogenated alkanes) is 2. The molecule has 0 aromatic heterocycles. The van der Waals surface area contributed by atoms with Crippen molar-refractivity contribution in [1.29, 1.82) is 0 Å². The third-order valence-corrected chi connectivity index (χ3v) is 1.74. The summed E-state index contributed by atoms with van der Waals surface area (Å²) < 4.78 is 0. The highest BCUT2D eigenvalue weighted by Crippen LogP contribution is 1.97. The molecule has 0 fully saturated rings. The first-order chi connectivity index (χ1) is 6.35. The molecule has 0 atom stereocenters. The molecule has 0 aliphatic carbocycles. The normalized spacial score (nSPS) is 8.46. The minimum atomic E-state index is 1.17. The van der Waals surface area contributed by atoms with E-state index in [-0.39, 0.29) is 0 Å². The van der Waals surface area contributed by atoms with Gasteiger partial charge in [-0.15, -0.1) is 0 Å². The summed E-state index contributed by atoms with van der Waals surface area (Å²) in [5.41, 5.74) is 1.17. The molecule has 72 valence electrons. The van der Waals surface area contributed by atoms with Crippen LogP contribution in [0.1, 0.15) is 38.7 Å². The summed E-state index contributed by atoms with van der Waals surface area (Å²) in [5, 5.41) is 0. The SMILES string of the molecule is C=Cc1ccccc1.CCCCC. The lowest BCUT2D eigenvalue weighted by molar-refractivity contribution is 0.772. The molecule has 1 rings (SSSR count). The molecule has 0 aliphatic heterocycles. The molecule has 0 saturated heterocycles. The lowest BCUT2D eigenvalue weighted by Gasteiger charge is -1.85. The Balaban J connectivity index is 0.000000252. The Kier molecular flexibility index (Phi) is 8.33. The van der Waals surface area contributed by atoms with Crippen molar-refractivity contribution in [1.82, 2.24) is 0 Å². The van der Waals surface area contributed by atoms with Gasteiger partial charge in [0.05, 0.1) is 0 Å². The van der Waals surface area contributed by atoms with Crippen molar-refractivity contribution in [2.75, 3.05) is 0 Å². The van der Waals surface area contributed by atoms with Gasteiger partial charge in [-0.1, -0.05) is 76.1 Å². The molecule has 1 aromatic rings. The molecule has 0 bridgehead atoms. The van der Waals surface area contributed by atoms with Crippen LogP contribution in [0.15, 0.2) is 36.9 Å². The van der Waals surface area contributed by atoms with E-state index in [1.165, 1.54) is 24.8 Å². The molecule has 0 spiro atoms. The maximum Gasteiger partial charge on any atom is -0.0263 e. The highest BCUT2D eigenvalue weighted by atomic mass is 13.8. The molecule has 0 aliphatic rings. The van der Waals surface area contributed by atoms with E-state index in [2.05, 4.69) is 20.4 Å². The molecule has 0 radical (unpaired) electrons. The van der Waals surface area contributed by atoms with Crippen LogP contribution in [0.5, 0.6) is 0 Å². The van der Waals surface area contributed by atoms with E-state index in [0.29, 0.717) is 0 Å². The molecule has 0 heteroatoms. The smallest absolute Gasteiger partial charge is 0.0263 e. The number of benzene rings is 1. The fourth-order valence-electron chi connectivity index (χ4n) is 0.943. The second kappa shape index (κ2) is 9.05. The van der Waals surface area contributed by atoms with Crippen molar-refractivity contribution in [2.24, 2.45) is 0 Å². The van der Waals surface area contributed by atoms with Crippen molar-refractivity contribution in [3.63, 3.8) is 0 Å². The Morgan fingerprint density at radius 2 is 1.62 bits per heavy atom. The van der Waals surface area contributed by atoms with Crippen molar-refractivity contribution in [3.05, 3.63) is 42.5 Å². The van der Waals surface area contributed by atoms with E-state index in [9.17, 15) is 0 Å². The summed E-state index contributed by atoms with van der Waals surface area (Å²) in [7, 11) is 0. The zero-order chi connectivity index (χ0) is 9.94. The summed E-state index contributed by atoms with van der Waals surface area (Å²) in [4.78, 5) is 0. The Morgan fingerprint density at radius 1 is 1.08 bits per heavy atom. The second-order valence-electron chi connectivity index (χ2n) is 2.97. The van der Waals surface area contributed by atoms with Crippen molar-refractivity contribution in [2.45, 2.75) is 33.1 Å². The van der Waals surface area contributed by atoms with Gasteiger partial charge in [0.15, 0.2) is 0 Å². The lowest BCUT2D eigenvalue weighted by atomic mass is 10.2. The van der Waals surface area contributed by atoms with Gasteiger partial charge in [0.2, 0.25) is 0 Å². The third-order valence-electron chi connectivity index (χ3n) is 1.74. The Hall–Kier alpha value is -1.04. The van der Waals surface area contributed by atoms with Crippen molar-refractivity contribution >= 4 is 6.08 Å². The van der Waals surface area contributed by atoms with Gasteiger partial charge in [0.1, 0.15) is 0 Å². The highest BCUT2D eigenvalue weighted by Gasteiger charge is 1.75. The molecular weight excluding hydrogens is 156 g/mol. The van der Waals surface area contributed by atoms with Gasteiger partial charge in [-0.2, -0.15) is 0 Å². The summed E-state index contributed by atoms with van der Waals surface area (Å²) in [6.45, 7) is 8.05. The average Bonchev–Trinajstić information content (AvgIpc) is 2.21. The maximum atomic E-state index is 3.63. The molecule has 1 aromatic carbocycles. The first-order valence-corrected chi connectivity index (χ1v) is 5.02. The first-order valence-electron chi connectivity index (χ1n) is 5.02. The van der Waals surface area contributed by atoms with Gasteiger partial charge < -0.3 is 0 Å². The Labute approximate surface area is 82.3 Å². The van der Waals surface area contributed by atoms with Crippen LogP contribution in [0.2, 0.25) is 0 Å². The molecule has 0 saturated carbocycles. The van der Waals surface area contributed by atoms with Gasteiger partial charge >= 0.3 is 0 Å². The van der Waals surface area contributed by atoms with Gasteiger partial charge in [-0.3, -0.25) is 0 Å². The van der Waals surface area contributed by atoms with Crippen LogP contribution >= 0.6 is 0 Å². The van der Waals surface area contributed by atoms with Crippen LogP contribution < -0.4 is 0 Å². The zero-order valence-electron chi connectivity index (χ0n) is 8.79. The standard InChI is InChI=1S/C8H8.C5H12/c1-2-8-6-4-3-5-7-8;1-3-5-4-2/h2-7H,1H2;3-5H2,1-2H3. The molecule has 0 heterocycles. The predicted molar refractivity (Wildman–Crippen MR) is 61.7 cm³/mol. The average molecular weight is 176 g/mol. The van der Waals surface area contributed by atoms with E-state index >= 15 is 0 Å². The van der Waals surface area contributed by atoms with Crippen molar-refractivity contribution in [3.8, 4) is 0 Å². The van der Waals surface area contributed by atoms with Gasteiger partial charge in [0.25, 0.3) is 0 Å². The van der Waals surface area contributed by atoms with E-state index in [1.807, 2.05) is 36.4 Å². The first kappa shape index (κ1) is 12.0. The summed E-state index contributed by atoms with van der Waals surface area (Å²) in [6.07, 6.45) is 5.91. The van der Waals surface area contributed by atoms with Crippen LogP contribution in [0.3, 0.4) is 0 Å². The minimum absolute atomic E-state index is 1.17. The van der Waals surface area contributed by atoms with Crippen LogP contribution in [-0.2, 0) is 0 Å². The van der Waals surface area contributed by atoms with Crippen LogP contribution in [0.25, 0.3) is 6.08 Å². The Morgan fingerprint density at radius 3 is 1.85 bits per heavy atom. The summed E-state index contributed by atoms with van der Waals surface area (Å²) >= 11 is 0. The van der Waals surface area contributed by atoms with Crippen molar-refractivity contribution < 1.29 is 0 Å². The lowest BCUT2D eigenvalue weighted by Crippen LogP contribution is -1.63. The predicted octanol–water partition coefficient (Wildman–Crippen LogP) is 4.53. The topological polar surface area (TPSA) is 0 Å². The Bertz CT molecular complexity index is 197. The summed E-state index contributed by atoms with van der Waals surface area (Å²) in [6, 6.07) is 10.0. The van der Waals surface area contributed by atoms with Crippen LogP contribution in [0.4, 0.5) is 0 Å². The fraction of sp³-hybridized carbons (Fsp3) is 0.385. The van der Waals surface area contributed by atoms with E-state index in [4.69, 9.17) is 0 Å². The fourth-order valence-corrected chi connectivity index (χ4v) is 0.943. The van der Waals surface area contributed by atoms with Gasteiger partial charge in [0, 0.05) is 0 Å².